The smallest absolute Gasteiger partial charge is 0.322 e. The van der Waals surface area contributed by atoms with E-state index in [9.17, 15) is 13.2 Å². The summed E-state index contributed by atoms with van der Waals surface area (Å²) in [5.41, 5.74) is 0.276. The van der Waals surface area contributed by atoms with Crippen LogP contribution in [0.5, 0.6) is 0 Å². The number of nitrogens with zero attached hydrogens (tertiary/aromatic N) is 3. The van der Waals surface area contributed by atoms with Crippen molar-refractivity contribution in [2.24, 2.45) is 0 Å². The maximum absolute atomic E-state index is 12.7. The second-order valence-electron chi connectivity index (χ2n) is 5.82. The predicted molar refractivity (Wildman–Crippen MR) is 98.7 cm³/mol. The molecule has 1 amide bonds. The first-order chi connectivity index (χ1) is 12.9. The first-order valence-corrected chi connectivity index (χ1v) is 10.1. The Bertz CT molecular complexity index is 842. The summed E-state index contributed by atoms with van der Waals surface area (Å²) in [6.07, 6.45) is 1.46. The van der Waals surface area contributed by atoms with Gasteiger partial charge in [0.25, 0.3) is 5.91 Å². The number of sulfonamides is 1. The summed E-state index contributed by atoms with van der Waals surface area (Å²) < 4.78 is 37.0. The van der Waals surface area contributed by atoms with E-state index in [2.05, 4.69) is 15.5 Å². The number of aromatic nitrogens is 2. The van der Waals surface area contributed by atoms with E-state index in [0.29, 0.717) is 13.1 Å². The minimum absolute atomic E-state index is 0.0548. The summed E-state index contributed by atoms with van der Waals surface area (Å²) in [6, 6.07) is 5.69. The Morgan fingerprint density at radius 3 is 2.33 bits per heavy atom. The highest BCUT2D eigenvalue weighted by Crippen LogP contribution is 2.18. The van der Waals surface area contributed by atoms with Gasteiger partial charge in [0.15, 0.2) is 0 Å². The first kappa shape index (κ1) is 21.0. The van der Waals surface area contributed by atoms with Crippen molar-refractivity contribution in [2.75, 3.05) is 25.5 Å². The molecule has 148 valence electrons. The first-order valence-electron chi connectivity index (χ1n) is 8.65. The molecule has 2 aromatic rings. The van der Waals surface area contributed by atoms with E-state index in [1.807, 2.05) is 13.8 Å². The molecule has 1 heterocycles. The molecule has 10 heteroatoms. The van der Waals surface area contributed by atoms with Crippen LogP contribution in [-0.4, -0.2) is 49.0 Å². The number of benzene rings is 1. The largest absolute Gasteiger partial charge is 0.405 e. The number of amides is 1. The average molecular weight is 396 g/mol. The molecule has 0 aliphatic rings. The molecule has 0 unspecified atom stereocenters. The van der Waals surface area contributed by atoms with Gasteiger partial charge in [0.05, 0.1) is 4.90 Å². The van der Waals surface area contributed by atoms with E-state index in [4.69, 9.17) is 9.15 Å². The molecule has 0 spiro atoms. The summed E-state index contributed by atoms with van der Waals surface area (Å²) in [6.45, 7) is 4.92. The lowest BCUT2D eigenvalue weighted by Gasteiger charge is -2.21. The Labute approximate surface area is 158 Å². The SMILES string of the molecule is CCCN(CCC)S(=O)(=O)c1ccc(C(=O)Nc2nnc(COC)o2)cc1. The van der Waals surface area contributed by atoms with E-state index in [1.165, 1.54) is 35.7 Å². The van der Waals surface area contributed by atoms with Crippen LogP contribution in [0.15, 0.2) is 33.6 Å². The van der Waals surface area contributed by atoms with Crippen molar-refractivity contribution < 1.29 is 22.4 Å². The summed E-state index contributed by atoms with van der Waals surface area (Å²) in [4.78, 5) is 12.4. The summed E-state index contributed by atoms with van der Waals surface area (Å²) in [7, 11) is -2.10. The van der Waals surface area contributed by atoms with E-state index in [-0.39, 0.29) is 29.0 Å². The summed E-state index contributed by atoms with van der Waals surface area (Å²) >= 11 is 0. The normalized spacial score (nSPS) is 11.7. The predicted octanol–water partition coefficient (Wildman–Crippen LogP) is 2.28. The summed E-state index contributed by atoms with van der Waals surface area (Å²) in [5.74, 6) is -0.244. The van der Waals surface area contributed by atoms with Crippen molar-refractivity contribution in [3.05, 3.63) is 35.7 Å². The van der Waals surface area contributed by atoms with Crippen molar-refractivity contribution in [3.63, 3.8) is 0 Å². The minimum Gasteiger partial charge on any atom is -0.405 e. The molecule has 0 bridgehead atoms. The van der Waals surface area contributed by atoms with Crippen molar-refractivity contribution in [1.29, 1.82) is 0 Å². The van der Waals surface area contributed by atoms with Gasteiger partial charge in [0.1, 0.15) is 6.61 Å². The molecule has 27 heavy (non-hydrogen) atoms. The molecular formula is C17H24N4O5S. The summed E-state index contributed by atoms with van der Waals surface area (Å²) in [5, 5.41) is 9.87. The highest BCUT2D eigenvalue weighted by atomic mass is 32.2. The van der Waals surface area contributed by atoms with Gasteiger partial charge in [-0.1, -0.05) is 18.9 Å². The third kappa shape index (κ3) is 5.34. The Morgan fingerprint density at radius 1 is 1.15 bits per heavy atom. The van der Waals surface area contributed by atoms with Gasteiger partial charge in [-0.15, -0.1) is 5.10 Å². The van der Waals surface area contributed by atoms with Crippen LogP contribution in [0.25, 0.3) is 0 Å². The van der Waals surface area contributed by atoms with Gasteiger partial charge in [-0.2, -0.15) is 4.31 Å². The Hall–Kier alpha value is -2.30. The quantitative estimate of drug-likeness (QED) is 0.655. The molecule has 0 fully saturated rings. The Kier molecular flexibility index (Phi) is 7.45. The molecule has 1 aromatic carbocycles. The molecule has 0 radical (unpaired) electrons. The molecule has 0 saturated heterocycles. The second-order valence-corrected chi connectivity index (χ2v) is 7.75. The molecule has 2 rings (SSSR count). The van der Waals surface area contributed by atoms with Crippen LogP contribution in [0.1, 0.15) is 42.9 Å². The Balaban J connectivity index is 2.11. The van der Waals surface area contributed by atoms with Gasteiger partial charge in [-0.3, -0.25) is 10.1 Å². The molecule has 0 aliphatic heterocycles. The van der Waals surface area contributed by atoms with Crippen LogP contribution < -0.4 is 5.32 Å². The number of rotatable bonds is 10. The zero-order valence-corrected chi connectivity index (χ0v) is 16.5. The topological polar surface area (TPSA) is 115 Å². The third-order valence-corrected chi connectivity index (χ3v) is 5.57. The van der Waals surface area contributed by atoms with Crippen LogP contribution in [0.3, 0.4) is 0 Å². The van der Waals surface area contributed by atoms with Gasteiger partial charge in [-0.25, -0.2) is 8.42 Å². The second kappa shape index (κ2) is 9.58. The highest BCUT2D eigenvalue weighted by Gasteiger charge is 2.23. The molecule has 0 atom stereocenters. The molecule has 0 aliphatic carbocycles. The maximum Gasteiger partial charge on any atom is 0.322 e. The number of methoxy groups -OCH3 is 1. The molecule has 9 nitrogen and oxygen atoms in total. The fourth-order valence-corrected chi connectivity index (χ4v) is 4.06. The zero-order chi connectivity index (χ0) is 19.9. The van der Waals surface area contributed by atoms with Gasteiger partial charge >= 0.3 is 6.01 Å². The van der Waals surface area contributed by atoms with E-state index in [1.54, 1.807) is 0 Å². The van der Waals surface area contributed by atoms with Crippen molar-refractivity contribution in [2.45, 2.75) is 38.2 Å². The monoisotopic (exact) mass is 396 g/mol. The standard InChI is InChI=1S/C17H24N4O5S/c1-4-10-21(11-5-2)27(23,24)14-8-6-13(7-9-14)16(22)18-17-20-19-15(26-17)12-25-3/h6-9H,4-5,10-12H2,1-3H3,(H,18,20,22). The maximum atomic E-state index is 12.7. The molecule has 0 saturated carbocycles. The van der Waals surface area contributed by atoms with Gasteiger partial charge in [0.2, 0.25) is 15.9 Å². The highest BCUT2D eigenvalue weighted by molar-refractivity contribution is 7.89. The van der Waals surface area contributed by atoms with Crippen LogP contribution >= 0.6 is 0 Å². The third-order valence-electron chi connectivity index (χ3n) is 3.66. The number of nitrogens with one attached hydrogen (secondary N) is 1. The number of hydrogen-bond donors (Lipinski definition) is 1. The van der Waals surface area contributed by atoms with E-state index in [0.717, 1.165) is 12.8 Å². The van der Waals surface area contributed by atoms with Crippen molar-refractivity contribution in [1.82, 2.24) is 14.5 Å². The van der Waals surface area contributed by atoms with Gasteiger partial charge < -0.3 is 9.15 Å². The number of carbonyl (C=O) groups excluding carboxylic acids is 1. The number of ether oxygens (including phenoxy) is 1. The molecule has 1 N–H and O–H groups in total. The van der Waals surface area contributed by atoms with Crippen molar-refractivity contribution >= 4 is 21.9 Å². The van der Waals surface area contributed by atoms with Crippen LogP contribution in [0.4, 0.5) is 6.01 Å². The van der Waals surface area contributed by atoms with E-state index >= 15 is 0 Å². The van der Waals surface area contributed by atoms with Crippen molar-refractivity contribution in [3.8, 4) is 0 Å². The number of carbonyl (C=O) groups is 1. The Morgan fingerprint density at radius 2 is 1.78 bits per heavy atom. The van der Waals surface area contributed by atoms with Crippen LogP contribution in [0, 0.1) is 0 Å². The number of hydrogen-bond acceptors (Lipinski definition) is 7. The minimum atomic E-state index is -3.58. The fraction of sp³-hybridized carbons (Fsp3) is 0.471. The lowest BCUT2D eigenvalue weighted by atomic mass is 10.2. The van der Waals surface area contributed by atoms with Gasteiger partial charge in [-0.05, 0) is 37.1 Å². The molecule has 1 aromatic heterocycles. The van der Waals surface area contributed by atoms with E-state index < -0.39 is 15.9 Å². The van der Waals surface area contributed by atoms with Crippen LogP contribution in [0.2, 0.25) is 0 Å². The average Bonchev–Trinajstić information content (AvgIpc) is 3.09. The molecular weight excluding hydrogens is 372 g/mol. The fourth-order valence-electron chi connectivity index (χ4n) is 2.43. The number of anilines is 1. The zero-order valence-electron chi connectivity index (χ0n) is 15.6. The lowest BCUT2D eigenvalue weighted by molar-refractivity contribution is 0.102. The van der Waals surface area contributed by atoms with Gasteiger partial charge in [0, 0.05) is 25.8 Å². The lowest BCUT2D eigenvalue weighted by Crippen LogP contribution is -2.32. The van der Waals surface area contributed by atoms with Crippen LogP contribution in [-0.2, 0) is 21.4 Å².